The molecule has 2 fully saturated rings. The zero-order chi connectivity index (χ0) is 7.14. The number of hydrogen-bond acceptors (Lipinski definition) is 2. The molecule has 1 saturated heterocycles. The van der Waals surface area contributed by atoms with Crippen LogP contribution >= 0.6 is 0 Å². The average Bonchev–Trinajstić information content (AvgIpc) is 2.44. The summed E-state index contributed by atoms with van der Waals surface area (Å²) in [5.41, 5.74) is 0. The molecule has 1 N–H and O–H groups in total. The Labute approximate surface area is 79.8 Å². The van der Waals surface area contributed by atoms with E-state index in [-0.39, 0.29) is 18.6 Å². The molecule has 0 aromatic heterocycles. The van der Waals surface area contributed by atoms with Crippen LogP contribution in [-0.2, 0) is 18.6 Å². The molecule has 0 amide bonds. The third-order valence-corrected chi connectivity index (χ3v) is 3.11. The molecule has 1 aliphatic carbocycles. The van der Waals surface area contributed by atoms with Crippen LogP contribution in [0.15, 0.2) is 0 Å². The second-order valence-corrected chi connectivity index (χ2v) is 3.67. The van der Waals surface area contributed by atoms with Crippen LogP contribution in [0.2, 0.25) is 0 Å². The van der Waals surface area contributed by atoms with Crippen LogP contribution < -0.4 is 0 Å². The van der Waals surface area contributed by atoms with Gasteiger partial charge in [-0.2, -0.15) is 0 Å². The van der Waals surface area contributed by atoms with Crippen molar-refractivity contribution in [2.45, 2.75) is 6.92 Å². The molecule has 0 aromatic carbocycles. The Hall–Kier alpha value is 0.504. The molecule has 2 atom stereocenters. The van der Waals surface area contributed by atoms with E-state index in [9.17, 15) is 0 Å². The summed E-state index contributed by atoms with van der Waals surface area (Å²) in [4.78, 5) is 2.37. The fourth-order valence-corrected chi connectivity index (χ4v) is 2.23. The molecule has 1 heterocycles. The van der Waals surface area contributed by atoms with E-state index in [4.69, 9.17) is 5.11 Å². The van der Waals surface area contributed by atoms with Gasteiger partial charge in [-0.15, -0.1) is 0 Å². The first-order valence-corrected chi connectivity index (χ1v) is 4.16. The number of hydrogen-bond donors (Lipinski definition) is 1. The van der Waals surface area contributed by atoms with Gasteiger partial charge in [0.1, 0.15) is 0 Å². The Balaban J connectivity index is 0.000000605. The van der Waals surface area contributed by atoms with Crippen molar-refractivity contribution in [3.05, 3.63) is 0 Å². The van der Waals surface area contributed by atoms with Gasteiger partial charge in [0.2, 0.25) is 0 Å². The van der Waals surface area contributed by atoms with E-state index < -0.39 is 0 Å². The standard InChI is InChI=1S/C8H15NO.V/c1-6-7-4-9(2-3-10)5-8(6)7;/h6-8,10H,2-5H2,1H3;. The number of nitrogens with zero attached hydrogens (tertiary/aromatic N) is 1. The van der Waals surface area contributed by atoms with Gasteiger partial charge in [0.25, 0.3) is 0 Å². The van der Waals surface area contributed by atoms with Crippen molar-refractivity contribution >= 4 is 0 Å². The van der Waals surface area contributed by atoms with Crippen LogP contribution in [0.4, 0.5) is 0 Å². The maximum absolute atomic E-state index is 8.65. The van der Waals surface area contributed by atoms with Crippen molar-refractivity contribution in [1.29, 1.82) is 0 Å². The van der Waals surface area contributed by atoms with Crippen LogP contribution in [0.5, 0.6) is 0 Å². The molecule has 2 unspecified atom stereocenters. The van der Waals surface area contributed by atoms with E-state index in [1.165, 1.54) is 13.1 Å². The van der Waals surface area contributed by atoms with Gasteiger partial charge < -0.3 is 10.0 Å². The van der Waals surface area contributed by atoms with E-state index >= 15 is 0 Å². The first-order chi connectivity index (χ1) is 4.83. The second-order valence-electron chi connectivity index (χ2n) is 3.67. The van der Waals surface area contributed by atoms with Gasteiger partial charge in [0.05, 0.1) is 6.61 Å². The third-order valence-electron chi connectivity index (χ3n) is 3.11. The Morgan fingerprint density at radius 1 is 1.36 bits per heavy atom. The predicted molar refractivity (Wildman–Crippen MR) is 39.7 cm³/mol. The van der Waals surface area contributed by atoms with E-state index in [1.54, 1.807) is 0 Å². The van der Waals surface area contributed by atoms with Crippen molar-refractivity contribution in [3.63, 3.8) is 0 Å². The first-order valence-electron chi connectivity index (χ1n) is 4.16. The number of piperidine rings is 1. The fraction of sp³-hybridized carbons (Fsp3) is 1.00. The number of aliphatic hydroxyl groups is 1. The normalized spacial score (nSPS) is 41.5. The van der Waals surface area contributed by atoms with E-state index in [0.717, 1.165) is 24.3 Å². The van der Waals surface area contributed by atoms with Crippen LogP contribution in [-0.4, -0.2) is 36.2 Å². The minimum absolute atomic E-state index is 0. The Bertz CT molecular complexity index is 130. The topological polar surface area (TPSA) is 23.5 Å². The minimum atomic E-state index is 0. The summed E-state index contributed by atoms with van der Waals surface area (Å²) in [6.45, 7) is 6.04. The Morgan fingerprint density at radius 3 is 2.36 bits per heavy atom. The van der Waals surface area contributed by atoms with Crippen molar-refractivity contribution in [2.24, 2.45) is 17.8 Å². The van der Waals surface area contributed by atoms with Gasteiger partial charge in [-0.05, 0) is 17.8 Å². The molecule has 1 aliphatic heterocycles. The van der Waals surface area contributed by atoms with Crippen molar-refractivity contribution in [2.75, 3.05) is 26.2 Å². The zero-order valence-corrected chi connectivity index (χ0v) is 8.30. The zero-order valence-electron chi connectivity index (χ0n) is 6.90. The van der Waals surface area contributed by atoms with Crippen LogP contribution in [0.3, 0.4) is 0 Å². The monoisotopic (exact) mass is 192 g/mol. The average molecular weight is 192 g/mol. The summed E-state index contributed by atoms with van der Waals surface area (Å²) in [5.74, 6) is 2.94. The molecule has 1 saturated carbocycles. The second kappa shape index (κ2) is 3.48. The fourth-order valence-electron chi connectivity index (χ4n) is 2.23. The van der Waals surface area contributed by atoms with Gasteiger partial charge in [0, 0.05) is 38.2 Å². The molecular weight excluding hydrogens is 177 g/mol. The maximum atomic E-state index is 8.65. The molecule has 2 aliphatic rings. The minimum Gasteiger partial charge on any atom is -0.395 e. The summed E-state index contributed by atoms with van der Waals surface area (Å²) >= 11 is 0. The van der Waals surface area contributed by atoms with E-state index in [0.29, 0.717) is 6.61 Å². The van der Waals surface area contributed by atoms with Gasteiger partial charge in [-0.25, -0.2) is 0 Å². The van der Waals surface area contributed by atoms with E-state index in [1.807, 2.05) is 0 Å². The quantitative estimate of drug-likeness (QED) is 0.674. The van der Waals surface area contributed by atoms with Crippen molar-refractivity contribution < 1.29 is 23.7 Å². The van der Waals surface area contributed by atoms with E-state index in [2.05, 4.69) is 11.8 Å². The molecule has 2 nitrogen and oxygen atoms in total. The van der Waals surface area contributed by atoms with Gasteiger partial charge in [0.15, 0.2) is 0 Å². The molecule has 11 heavy (non-hydrogen) atoms. The largest absolute Gasteiger partial charge is 0.395 e. The molecule has 0 aromatic rings. The molecule has 3 heteroatoms. The first kappa shape index (κ1) is 9.59. The van der Waals surface area contributed by atoms with Crippen LogP contribution in [0, 0.1) is 17.8 Å². The third kappa shape index (κ3) is 1.64. The van der Waals surface area contributed by atoms with Crippen LogP contribution in [0.1, 0.15) is 6.92 Å². The van der Waals surface area contributed by atoms with Gasteiger partial charge in [-0.3, -0.25) is 0 Å². The van der Waals surface area contributed by atoms with Crippen molar-refractivity contribution in [1.82, 2.24) is 4.90 Å². The molecule has 0 spiro atoms. The smallest absolute Gasteiger partial charge is 0.0558 e. The number of β-amino-alcohol motifs (C(OH)–C–C–N with tert-alkyl or cyclic N) is 1. The Morgan fingerprint density at radius 2 is 1.91 bits per heavy atom. The van der Waals surface area contributed by atoms with Crippen molar-refractivity contribution in [3.8, 4) is 0 Å². The summed E-state index contributed by atoms with van der Waals surface area (Å²) in [6.07, 6.45) is 0. The molecule has 2 rings (SSSR count). The number of fused-ring (bicyclic) bond motifs is 1. The van der Waals surface area contributed by atoms with Crippen LogP contribution in [0.25, 0.3) is 0 Å². The number of likely N-dealkylation sites (tertiary alicyclic amines) is 1. The summed E-state index contributed by atoms with van der Waals surface area (Å²) in [5, 5.41) is 8.65. The van der Waals surface area contributed by atoms with Gasteiger partial charge >= 0.3 is 0 Å². The Kier molecular flexibility index (Phi) is 3.04. The summed E-state index contributed by atoms with van der Waals surface area (Å²) < 4.78 is 0. The number of rotatable bonds is 2. The SMILES string of the molecule is CC1C2CN(CCO)CC12.[V]. The van der Waals surface area contributed by atoms with Gasteiger partial charge in [-0.1, -0.05) is 6.92 Å². The molecular formula is C8H15NOV. The maximum Gasteiger partial charge on any atom is 0.0558 e. The summed E-state index contributed by atoms with van der Waals surface area (Å²) in [7, 11) is 0. The molecule has 63 valence electrons. The number of aliphatic hydroxyl groups excluding tert-OH is 1. The molecule has 0 bridgehead atoms. The predicted octanol–water partition coefficient (Wildman–Crippen LogP) is 0.174. The summed E-state index contributed by atoms with van der Waals surface area (Å²) in [6, 6.07) is 0. The molecule has 1 radical (unpaired) electrons.